The van der Waals surface area contributed by atoms with Gasteiger partial charge in [0.2, 0.25) is 0 Å². The zero-order valence-corrected chi connectivity index (χ0v) is 7.25. The van der Waals surface area contributed by atoms with Crippen molar-refractivity contribution in [2.24, 2.45) is 12.8 Å². The van der Waals surface area contributed by atoms with Crippen molar-refractivity contribution in [3.05, 3.63) is 5.56 Å². The van der Waals surface area contributed by atoms with E-state index in [1.165, 1.54) is 0 Å². The first-order chi connectivity index (χ1) is 5.66. The highest BCUT2D eigenvalue weighted by atomic mass is 15.3. The minimum Gasteiger partial charge on any atom is -0.384 e. The van der Waals surface area contributed by atoms with Crippen LogP contribution < -0.4 is 17.2 Å². The van der Waals surface area contributed by atoms with E-state index in [4.69, 9.17) is 17.2 Å². The van der Waals surface area contributed by atoms with E-state index in [1.807, 2.05) is 0 Å². The summed E-state index contributed by atoms with van der Waals surface area (Å²) in [5.74, 6) is 1.16. The number of anilines is 2. The van der Waals surface area contributed by atoms with Crippen LogP contribution in [0.5, 0.6) is 0 Å². The minimum atomic E-state index is 0.517. The van der Waals surface area contributed by atoms with E-state index in [9.17, 15) is 0 Å². The summed E-state index contributed by atoms with van der Waals surface area (Å²) in [5.41, 5.74) is 17.6. The monoisotopic (exact) mass is 169 g/mol. The number of hydrogen-bond donors (Lipinski definition) is 3. The fourth-order valence-corrected chi connectivity index (χ4v) is 1.14. The van der Waals surface area contributed by atoms with Crippen molar-refractivity contribution in [1.82, 2.24) is 9.78 Å². The van der Waals surface area contributed by atoms with Crippen LogP contribution >= 0.6 is 0 Å². The lowest BCUT2D eigenvalue weighted by Crippen LogP contribution is -2.03. The third kappa shape index (κ3) is 1.50. The Morgan fingerprint density at radius 2 is 2.08 bits per heavy atom. The van der Waals surface area contributed by atoms with Crippen molar-refractivity contribution in [3.63, 3.8) is 0 Å². The fourth-order valence-electron chi connectivity index (χ4n) is 1.14. The third-order valence-corrected chi connectivity index (χ3v) is 1.86. The Balaban J connectivity index is 2.82. The molecule has 1 aromatic rings. The molecule has 6 N–H and O–H groups in total. The molecule has 0 saturated carbocycles. The van der Waals surface area contributed by atoms with Crippen LogP contribution in [0.2, 0.25) is 0 Å². The van der Waals surface area contributed by atoms with E-state index in [1.54, 1.807) is 11.7 Å². The maximum Gasteiger partial charge on any atom is 0.150 e. The zero-order chi connectivity index (χ0) is 9.14. The van der Waals surface area contributed by atoms with E-state index < -0.39 is 0 Å². The molecule has 0 saturated heterocycles. The number of rotatable bonds is 3. The van der Waals surface area contributed by atoms with Gasteiger partial charge in [-0.05, 0) is 19.4 Å². The second-order valence-corrected chi connectivity index (χ2v) is 2.76. The molecule has 0 fully saturated rings. The maximum absolute atomic E-state index is 5.72. The molecule has 0 unspecified atom stereocenters. The van der Waals surface area contributed by atoms with Gasteiger partial charge in [0.25, 0.3) is 0 Å². The van der Waals surface area contributed by atoms with Crippen molar-refractivity contribution in [1.29, 1.82) is 0 Å². The fraction of sp³-hybridized carbons (Fsp3) is 0.571. The van der Waals surface area contributed by atoms with Crippen LogP contribution in [-0.4, -0.2) is 16.3 Å². The molecule has 0 aliphatic rings. The summed E-state index contributed by atoms with van der Waals surface area (Å²) in [4.78, 5) is 0. The lowest BCUT2D eigenvalue weighted by Gasteiger charge is -1.98. The van der Waals surface area contributed by atoms with Crippen LogP contribution in [0.15, 0.2) is 0 Å². The largest absolute Gasteiger partial charge is 0.384 e. The van der Waals surface area contributed by atoms with Crippen LogP contribution in [0.25, 0.3) is 0 Å². The van der Waals surface area contributed by atoms with E-state index >= 15 is 0 Å². The summed E-state index contributed by atoms with van der Waals surface area (Å²) in [6.45, 7) is 0.647. The van der Waals surface area contributed by atoms with Gasteiger partial charge in [-0.2, -0.15) is 5.10 Å². The van der Waals surface area contributed by atoms with Gasteiger partial charge in [-0.3, -0.25) is 4.68 Å². The van der Waals surface area contributed by atoms with E-state index in [2.05, 4.69) is 5.10 Å². The standard InChI is InChI=1S/C7H15N5/c1-12-7(10)5(3-2-4-8)6(9)11-12/h2-4,8,10H2,1H3,(H2,9,11). The Morgan fingerprint density at radius 1 is 1.42 bits per heavy atom. The molecule has 0 aliphatic carbocycles. The highest BCUT2D eigenvalue weighted by Gasteiger charge is 2.09. The third-order valence-electron chi connectivity index (χ3n) is 1.86. The molecular weight excluding hydrogens is 154 g/mol. The SMILES string of the molecule is Cn1nc(N)c(CCCN)c1N. The minimum absolute atomic E-state index is 0.517. The summed E-state index contributed by atoms with van der Waals surface area (Å²) in [7, 11) is 1.78. The average Bonchev–Trinajstić information content (AvgIpc) is 2.25. The van der Waals surface area contributed by atoms with Gasteiger partial charge in [-0.25, -0.2) is 0 Å². The molecule has 0 aromatic carbocycles. The molecule has 0 spiro atoms. The van der Waals surface area contributed by atoms with Crippen LogP contribution in [0.3, 0.4) is 0 Å². The molecule has 1 rings (SSSR count). The molecule has 12 heavy (non-hydrogen) atoms. The van der Waals surface area contributed by atoms with Crippen molar-refractivity contribution in [3.8, 4) is 0 Å². The van der Waals surface area contributed by atoms with Crippen LogP contribution in [0.4, 0.5) is 11.6 Å². The Morgan fingerprint density at radius 3 is 2.50 bits per heavy atom. The molecule has 0 aliphatic heterocycles. The predicted molar refractivity (Wildman–Crippen MR) is 49.4 cm³/mol. The van der Waals surface area contributed by atoms with Gasteiger partial charge in [0, 0.05) is 12.6 Å². The molecule has 68 valence electrons. The highest BCUT2D eigenvalue weighted by molar-refractivity contribution is 5.54. The lowest BCUT2D eigenvalue weighted by atomic mass is 10.1. The molecule has 0 amide bonds. The van der Waals surface area contributed by atoms with Gasteiger partial charge in [0.1, 0.15) is 5.82 Å². The molecule has 0 atom stereocenters. The Labute approximate surface area is 71.5 Å². The van der Waals surface area contributed by atoms with Gasteiger partial charge in [0.15, 0.2) is 5.82 Å². The summed E-state index contributed by atoms with van der Waals surface area (Å²) in [5, 5.41) is 3.99. The first-order valence-electron chi connectivity index (χ1n) is 3.93. The number of nitrogens with zero attached hydrogens (tertiary/aromatic N) is 2. The average molecular weight is 169 g/mol. The summed E-state index contributed by atoms with van der Waals surface area (Å²) in [6.07, 6.45) is 1.70. The summed E-state index contributed by atoms with van der Waals surface area (Å²) in [6, 6.07) is 0. The first-order valence-corrected chi connectivity index (χ1v) is 3.93. The summed E-state index contributed by atoms with van der Waals surface area (Å²) < 4.78 is 1.58. The number of aryl methyl sites for hydroxylation is 1. The van der Waals surface area contributed by atoms with Crippen molar-refractivity contribution >= 4 is 11.6 Å². The second kappa shape index (κ2) is 3.44. The van der Waals surface area contributed by atoms with E-state index in [0.717, 1.165) is 18.4 Å². The smallest absolute Gasteiger partial charge is 0.150 e. The predicted octanol–water partition coefficient (Wildman–Crippen LogP) is -0.524. The van der Waals surface area contributed by atoms with Gasteiger partial charge in [-0.15, -0.1) is 0 Å². The first kappa shape index (κ1) is 8.86. The molecule has 1 heterocycles. The lowest BCUT2D eigenvalue weighted by molar-refractivity contribution is 0.781. The molecular formula is C7H15N5. The highest BCUT2D eigenvalue weighted by Crippen LogP contribution is 2.18. The number of nitrogens with two attached hydrogens (primary N) is 3. The topological polar surface area (TPSA) is 95.9 Å². The Kier molecular flexibility index (Phi) is 2.54. The van der Waals surface area contributed by atoms with Crippen molar-refractivity contribution in [2.75, 3.05) is 18.0 Å². The van der Waals surface area contributed by atoms with Gasteiger partial charge < -0.3 is 17.2 Å². The number of nitrogen functional groups attached to an aromatic ring is 2. The number of aromatic nitrogens is 2. The normalized spacial score (nSPS) is 10.5. The van der Waals surface area contributed by atoms with Crippen LogP contribution in [-0.2, 0) is 13.5 Å². The maximum atomic E-state index is 5.72. The van der Waals surface area contributed by atoms with Crippen molar-refractivity contribution < 1.29 is 0 Å². The molecule has 1 aromatic heterocycles. The summed E-state index contributed by atoms with van der Waals surface area (Å²) >= 11 is 0. The molecule has 5 nitrogen and oxygen atoms in total. The molecule has 0 bridgehead atoms. The van der Waals surface area contributed by atoms with Gasteiger partial charge >= 0.3 is 0 Å². The Hall–Kier alpha value is -1.23. The van der Waals surface area contributed by atoms with E-state index in [-0.39, 0.29) is 0 Å². The van der Waals surface area contributed by atoms with E-state index in [0.29, 0.717) is 18.2 Å². The molecule has 0 radical (unpaired) electrons. The second-order valence-electron chi connectivity index (χ2n) is 2.76. The zero-order valence-electron chi connectivity index (χ0n) is 7.25. The van der Waals surface area contributed by atoms with Gasteiger partial charge in [-0.1, -0.05) is 0 Å². The van der Waals surface area contributed by atoms with Gasteiger partial charge in [0.05, 0.1) is 0 Å². The van der Waals surface area contributed by atoms with Crippen LogP contribution in [0, 0.1) is 0 Å². The Bertz CT molecular complexity index is 265. The van der Waals surface area contributed by atoms with Crippen molar-refractivity contribution in [2.45, 2.75) is 12.8 Å². The molecule has 5 heteroatoms. The number of hydrogen-bond acceptors (Lipinski definition) is 4. The van der Waals surface area contributed by atoms with Crippen LogP contribution in [0.1, 0.15) is 12.0 Å². The quantitative estimate of drug-likeness (QED) is 0.567.